The predicted molar refractivity (Wildman–Crippen MR) is 85.9 cm³/mol. The zero-order chi connectivity index (χ0) is 16.2. The molecule has 5 nitrogen and oxygen atoms in total. The molecule has 1 aliphatic carbocycles. The van der Waals surface area contributed by atoms with Gasteiger partial charge in [0.2, 0.25) is 0 Å². The predicted octanol–water partition coefficient (Wildman–Crippen LogP) is 2.61. The van der Waals surface area contributed by atoms with Crippen molar-refractivity contribution in [3.05, 3.63) is 29.8 Å². The fourth-order valence-corrected chi connectivity index (χ4v) is 2.64. The lowest BCUT2D eigenvalue weighted by molar-refractivity contribution is -0.0290. The lowest BCUT2D eigenvalue weighted by Crippen LogP contribution is -2.50. The molecule has 1 unspecified atom stereocenters. The summed E-state index contributed by atoms with van der Waals surface area (Å²) in [4.78, 5) is 12.1. The third-order valence-electron chi connectivity index (χ3n) is 4.29. The molecule has 1 saturated carbocycles. The summed E-state index contributed by atoms with van der Waals surface area (Å²) in [5.74, 6) is 1.05. The Balaban J connectivity index is 1.93. The second-order valence-corrected chi connectivity index (χ2v) is 6.40. The third kappa shape index (κ3) is 4.13. The molecule has 0 spiro atoms. The third-order valence-corrected chi connectivity index (χ3v) is 4.29. The van der Waals surface area contributed by atoms with Crippen LogP contribution >= 0.6 is 0 Å². The molecule has 0 aromatic heterocycles. The second kappa shape index (κ2) is 7.01. The Morgan fingerprint density at radius 2 is 1.95 bits per heavy atom. The topological polar surface area (TPSA) is 70.6 Å². The summed E-state index contributed by atoms with van der Waals surface area (Å²) in [6.07, 6.45) is 2.55. The number of nitrogens with one attached hydrogen (secondary N) is 2. The van der Waals surface area contributed by atoms with E-state index in [2.05, 4.69) is 24.5 Å². The number of urea groups is 1. The van der Waals surface area contributed by atoms with Gasteiger partial charge >= 0.3 is 6.03 Å². The Kier molecular flexibility index (Phi) is 5.29. The van der Waals surface area contributed by atoms with Crippen LogP contribution in [0.15, 0.2) is 24.3 Å². The van der Waals surface area contributed by atoms with Gasteiger partial charge in [-0.25, -0.2) is 4.79 Å². The molecule has 22 heavy (non-hydrogen) atoms. The number of ether oxygens (including phenoxy) is 1. The highest BCUT2D eigenvalue weighted by Gasteiger charge is 2.34. The van der Waals surface area contributed by atoms with E-state index in [9.17, 15) is 9.90 Å². The van der Waals surface area contributed by atoms with Gasteiger partial charge in [0, 0.05) is 6.54 Å². The molecule has 1 aromatic rings. The van der Waals surface area contributed by atoms with Crippen molar-refractivity contribution in [2.45, 2.75) is 44.8 Å². The van der Waals surface area contributed by atoms with E-state index in [0.29, 0.717) is 6.54 Å². The molecule has 0 saturated heterocycles. The molecule has 0 heterocycles. The maximum atomic E-state index is 12.1. The monoisotopic (exact) mass is 306 g/mol. The van der Waals surface area contributed by atoms with Crippen molar-refractivity contribution in [2.75, 3.05) is 13.7 Å². The van der Waals surface area contributed by atoms with Crippen LogP contribution in [0, 0.1) is 5.92 Å². The van der Waals surface area contributed by atoms with Gasteiger partial charge in [-0.2, -0.15) is 0 Å². The summed E-state index contributed by atoms with van der Waals surface area (Å²) in [6, 6.07) is 7.38. The highest BCUT2D eigenvalue weighted by molar-refractivity contribution is 5.74. The minimum atomic E-state index is -0.704. The first-order valence-corrected chi connectivity index (χ1v) is 7.84. The number of hydrogen-bond acceptors (Lipinski definition) is 3. The van der Waals surface area contributed by atoms with E-state index in [1.54, 1.807) is 7.11 Å². The van der Waals surface area contributed by atoms with Gasteiger partial charge in [0.15, 0.2) is 0 Å². The average Bonchev–Trinajstić information content (AvgIpc) is 2.48. The first kappa shape index (κ1) is 16.6. The molecule has 0 radical (unpaired) electrons. The minimum absolute atomic E-state index is 0.0815. The number of rotatable bonds is 6. The molecular weight excluding hydrogens is 280 g/mol. The van der Waals surface area contributed by atoms with Gasteiger partial charge in [0.05, 0.1) is 18.8 Å². The van der Waals surface area contributed by atoms with Crippen LogP contribution in [0.1, 0.15) is 44.7 Å². The number of hydrogen-bond donors (Lipinski definition) is 3. The van der Waals surface area contributed by atoms with E-state index < -0.39 is 5.60 Å². The van der Waals surface area contributed by atoms with Crippen molar-refractivity contribution in [3.63, 3.8) is 0 Å². The Labute approximate surface area is 132 Å². The summed E-state index contributed by atoms with van der Waals surface area (Å²) < 4.78 is 5.16. The van der Waals surface area contributed by atoms with Gasteiger partial charge in [-0.15, -0.1) is 0 Å². The molecule has 3 N–H and O–H groups in total. The molecule has 1 aromatic carbocycles. The maximum Gasteiger partial charge on any atom is 0.315 e. The Morgan fingerprint density at radius 1 is 1.32 bits per heavy atom. The van der Waals surface area contributed by atoms with Crippen LogP contribution < -0.4 is 15.4 Å². The summed E-state index contributed by atoms with van der Waals surface area (Å²) in [5.41, 5.74) is 0.332. The molecule has 122 valence electrons. The van der Waals surface area contributed by atoms with Gasteiger partial charge in [0.1, 0.15) is 5.75 Å². The average molecular weight is 306 g/mol. The molecule has 1 fully saturated rings. The Bertz CT molecular complexity index is 495. The molecule has 2 rings (SSSR count). The first-order valence-electron chi connectivity index (χ1n) is 7.84. The highest BCUT2D eigenvalue weighted by Crippen LogP contribution is 2.30. The number of amides is 2. The van der Waals surface area contributed by atoms with Gasteiger partial charge in [-0.05, 0) is 42.9 Å². The Morgan fingerprint density at radius 3 is 2.41 bits per heavy atom. The fraction of sp³-hybridized carbons (Fsp3) is 0.588. The fourth-order valence-electron chi connectivity index (χ4n) is 2.64. The smallest absolute Gasteiger partial charge is 0.315 e. The van der Waals surface area contributed by atoms with Crippen LogP contribution in [-0.2, 0) is 0 Å². The number of methoxy groups -OCH3 is 1. The summed E-state index contributed by atoms with van der Waals surface area (Å²) in [6.45, 7) is 4.44. The van der Waals surface area contributed by atoms with Crippen LogP contribution in [0.2, 0.25) is 0 Å². The van der Waals surface area contributed by atoms with Crippen molar-refractivity contribution < 1.29 is 14.6 Å². The molecule has 5 heteroatoms. The lowest BCUT2D eigenvalue weighted by Gasteiger charge is -2.36. The highest BCUT2D eigenvalue weighted by atomic mass is 16.5. The normalized spacial score (nSPS) is 17.5. The van der Waals surface area contributed by atoms with E-state index in [1.807, 2.05) is 24.3 Å². The zero-order valence-electron chi connectivity index (χ0n) is 13.6. The van der Waals surface area contributed by atoms with Gasteiger partial charge in [0.25, 0.3) is 0 Å². The van der Waals surface area contributed by atoms with Crippen LogP contribution in [0.5, 0.6) is 5.75 Å². The van der Waals surface area contributed by atoms with E-state index >= 15 is 0 Å². The van der Waals surface area contributed by atoms with Crippen molar-refractivity contribution >= 4 is 6.03 Å². The number of aliphatic hydroxyl groups is 1. The summed E-state index contributed by atoms with van der Waals surface area (Å²) >= 11 is 0. The number of benzene rings is 1. The van der Waals surface area contributed by atoms with Crippen molar-refractivity contribution in [3.8, 4) is 5.75 Å². The molecule has 0 bridgehead atoms. The van der Waals surface area contributed by atoms with E-state index in [0.717, 1.165) is 30.6 Å². The van der Waals surface area contributed by atoms with Crippen LogP contribution in [0.25, 0.3) is 0 Å². The van der Waals surface area contributed by atoms with E-state index in [-0.39, 0.29) is 18.0 Å². The first-order chi connectivity index (χ1) is 10.4. The molecular formula is C17H26N2O3. The van der Waals surface area contributed by atoms with Crippen molar-refractivity contribution in [1.82, 2.24) is 10.6 Å². The largest absolute Gasteiger partial charge is 0.497 e. The quantitative estimate of drug-likeness (QED) is 0.756. The lowest BCUT2D eigenvalue weighted by atomic mass is 9.80. The zero-order valence-corrected chi connectivity index (χ0v) is 13.6. The maximum absolute atomic E-state index is 12.1. The number of carbonyl (C=O) groups excluding carboxylic acids is 1. The van der Waals surface area contributed by atoms with E-state index in [4.69, 9.17) is 4.74 Å². The minimum Gasteiger partial charge on any atom is -0.497 e. The van der Waals surface area contributed by atoms with Crippen LogP contribution in [0.4, 0.5) is 4.79 Å². The van der Waals surface area contributed by atoms with E-state index in [1.165, 1.54) is 0 Å². The standard InChI is InChI=1S/C17H26N2O3/c1-12(2)15(13-5-7-14(22-3)8-6-13)19-16(20)18-11-17(21)9-4-10-17/h5-8,12,15,21H,4,9-11H2,1-3H3,(H2,18,19,20). The van der Waals surface area contributed by atoms with Crippen LogP contribution in [-0.4, -0.2) is 30.4 Å². The van der Waals surface area contributed by atoms with Gasteiger partial charge in [-0.3, -0.25) is 0 Å². The van der Waals surface area contributed by atoms with Crippen LogP contribution in [0.3, 0.4) is 0 Å². The Hall–Kier alpha value is -1.75. The SMILES string of the molecule is COc1ccc(C(NC(=O)NCC2(O)CCC2)C(C)C)cc1. The van der Waals surface area contributed by atoms with Crippen molar-refractivity contribution in [2.24, 2.45) is 5.92 Å². The number of carbonyl (C=O) groups is 1. The molecule has 0 aliphatic heterocycles. The van der Waals surface area contributed by atoms with Gasteiger partial charge in [-0.1, -0.05) is 26.0 Å². The van der Waals surface area contributed by atoms with Gasteiger partial charge < -0.3 is 20.5 Å². The summed E-state index contributed by atoms with van der Waals surface area (Å²) in [5, 5.41) is 15.8. The molecule has 1 atom stereocenters. The molecule has 1 aliphatic rings. The van der Waals surface area contributed by atoms with Crippen molar-refractivity contribution in [1.29, 1.82) is 0 Å². The molecule has 2 amide bonds. The summed E-state index contributed by atoms with van der Waals surface area (Å²) in [7, 11) is 1.63. The second-order valence-electron chi connectivity index (χ2n) is 6.40.